The Hall–Kier alpha value is -1.63. The van der Waals surface area contributed by atoms with Crippen molar-refractivity contribution in [3.8, 4) is 5.75 Å². The first-order chi connectivity index (χ1) is 11.8. The lowest BCUT2D eigenvalue weighted by Crippen LogP contribution is -2.51. The van der Waals surface area contributed by atoms with E-state index in [1.807, 2.05) is 29.2 Å². The van der Waals surface area contributed by atoms with Crippen LogP contribution in [0.2, 0.25) is 0 Å². The second-order valence-corrected chi connectivity index (χ2v) is 6.31. The first-order valence-corrected chi connectivity index (χ1v) is 8.75. The van der Waals surface area contributed by atoms with E-state index in [4.69, 9.17) is 9.47 Å². The zero-order chi connectivity index (χ0) is 16.8. The Bertz CT molecular complexity index is 546. The molecule has 3 rings (SSSR count). The van der Waals surface area contributed by atoms with Crippen molar-refractivity contribution < 1.29 is 14.3 Å². The molecule has 2 N–H and O–H groups in total. The molecule has 1 aromatic carbocycles. The van der Waals surface area contributed by atoms with Crippen molar-refractivity contribution in [2.75, 3.05) is 46.4 Å². The molecular formula is C18H27N3O3. The standard InChI is InChI=1S/C18H27N3O3/c1-23-17-7-3-2-6-15(17)16-12-19-8-9-21(16)18(22)13-20-11-14-5-4-10-24-14/h2-3,6-7,14,16,19-20H,4-5,8-13H2,1H3. The highest BCUT2D eigenvalue weighted by Crippen LogP contribution is 2.30. The van der Waals surface area contributed by atoms with E-state index in [0.717, 1.165) is 50.4 Å². The molecule has 2 aliphatic rings. The van der Waals surface area contributed by atoms with E-state index in [-0.39, 0.29) is 18.1 Å². The molecule has 2 atom stereocenters. The van der Waals surface area contributed by atoms with Crippen LogP contribution in [0.4, 0.5) is 0 Å². The highest BCUT2D eigenvalue weighted by atomic mass is 16.5. The monoisotopic (exact) mass is 333 g/mol. The fraction of sp³-hybridized carbons (Fsp3) is 0.611. The Kier molecular flexibility index (Phi) is 6.07. The van der Waals surface area contributed by atoms with Crippen molar-refractivity contribution in [3.63, 3.8) is 0 Å². The maximum absolute atomic E-state index is 12.7. The molecule has 1 aromatic rings. The van der Waals surface area contributed by atoms with Gasteiger partial charge < -0.3 is 25.0 Å². The first-order valence-electron chi connectivity index (χ1n) is 8.75. The summed E-state index contributed by atoms with van der Waals surface area (Å²) >= 11 is 0. The summed E-state index contributed by atoms with van der Waals surface area (Å²) in [4.78, 5) is 14.7. The molecule has 0 spiro atoms. The van der Waals surface area contributed by atoms with E-state index in [1.54, 1.807) is 7.11 Å². The second-order valence-electron chi connectivity index (χ2n) is 6.31. The van der Waals surface area contributed by atoms with Gasteiger partial charge >= 0.3 is 0 Å². The molecule has 2 heterocycles. The van der Waals surface area contributed by atoms with Gasteiger partial charge in [-0.05, 0) is 18.9 Å². The molecule has 2 saturated heterocycles. The van der Waals surface area contributed by atoms with Gasteiger partial charge in [0.1, 0.15) is 5.75 Å². The number of nitrogens with zero attached hydrogens (tertiary/aromatic N) is 1. The van der Waals surface area contributed by atoms with Crippen LogP contribution in [0.3, 0.4) is 0 Å². The van der Waals surface area contributed by atoms with E-state index in [0.29, 0.717) is 13.1 Å². The number of para-hydroxylation sites is 1. The number of hydrogen-bond acceptors (Lipinski definition) is 5. The fourth-order valence-corrected chi connectivity index (χ4v) is 3.47. The molecule has 2 unspecified atom stereocenters. The SMILES string of the molecule is COc1ccccc1C1CNCCN1C(=O)CNCC1CCCO1. The van der Waals surface area contributed by atoms with Gasteiger partial charge in [0.05, 0.1) is 25.8 Å². The molecule has 6 heteroatoms. The summed E-state index contributed by atoms with van der Waals surface area (Å²) in [6.07, 6.45) is 2.46. The summed E-state index contributed by atoms with van der Waals surface area (Å²) in [6.45, 7) is 4.22. The average molecular weight is 333 g/mol. The van der Waals surface area contributed by atoms with Gasteiger partial charge in [-0.3, -0.25) is 4.79 Å². The molecule has 2 aliphatic heterocycles. The van der Waals surface area contributed by atoms with Gasteiger partial charge in [0.15, 0.2) is 0 Å². The van der Waals surface area contributed by atoms with Crippen LogP contribution in [0.5, 0.6) is 5.75 Å². The summed E-state index contributed by atoms with van der Waals surface area (Å²) < 4.78 is 11.1. The normalized spacial score (nSPS) is 24.1. The lowest BCUT2D eigenvalue weighted by Gasteiger charge is -2.37. The zero-order valence-corrected chi connectivity index (χ0v) is 14.3. The minimum Gasteiger partial charge on any atom is -0.496 e. The third-order valence-corrected chi connectivity index (χ3v) is 4.73. The van der Waals surface area contributed by atoms with Crippen LogP contribution in [0, 0.1) is 0 Å². The number of piperazine rings is 1. The minimum atomic E-state index is 0.00642. The summed E-state index contributed by atoms with van der Waals surface area (Å²) in [6, 6.07) is 7.93. The maximum Gasteiger partial charge on any atom is 0.237 e. The summed E-state index contributed by atoms with van der Waals surface area (Å²) in [7, 11) is 1.67. The summed E-state index contributed by atoms with van der Waals surface area (Å²) in [5.74, 6) is 0.960. The van der Waals surface area contributed by atoms with Gasteiger partial charge in [-0.1, -0.05) is 18.2 Å². The zero-order valence-electron chi connectivity index (χ0n) is 14.3. The number of carbonyl (C=O) groups is 1. The topological polar surface area (TPSA) is 62.8 Å². The van der Waals surface area contributed by atoms with E-state index in [1.165, 1.54) is 0 Å². The molecule has 24 heavy (non-hydrogen) atoms. The molecule has 132 valence electrons. The van der Waals surface area contributed by atoms with E-state index < -0.39 is 0 Å². The summed E-state index contributed by atoms with van der Waals surface area (Å²) in [5, 5.41) is 6.64. The largest absolute Gasteiger partial charge is 0.496 e. The van der Waals surface area contributed by atoms with Crippen LogP contribution in [0.1, 0.15) is 24.4 Å². The lowest BCUT2D eigenvalue weighted by atomic mass is 10.0. The minimum absolute atomic E-state index is 0.00642. The number of rotatable bonds is 6. The van der Waals surface area contributed by atoms with Crippen molar-refractivity contribution in [2.45, 2.75) is 25.0 Å². The number of nitrogens with one attached hydrogen (secondary N) is 2. The molecule has 6 nitrogen and oxygen atoms in total. The van der Waals surface area contributed by atoms with Crippen LogP contribution in [-0.2, 0) is 9.53 Å². The third kappa shape index (κ3) is 4.06. The molecule has 1 amide bonds. The molecular weight excluding hydrogens is 306 g/mol. The number of carbonyl (C=O) groups excluding carboxylic acids is 1. The number of methoxy groups -OCH3 is 1. The van der Waals surface area contributed by atoms with E-state index in [2.05, 4.69) is 10.6 Å². The highest BCUT2D eigenvalue weighted by Gasteiger charge is 2.29. The Morgan fingerprint density at radius 3 is 3.12 bits per heavy atom. The first kappa shape index (κ1) is 17.2. The Labute approximate surface area is 143 Å². The van der Waals surface area contributed by atoms with Crippen molar-refractivity contribution in [1.82, 2.24) is 15.5 Å². The fourth-order valence-electron chi connectivity index (χ4n) is 3.47. The van der Waals surface area contributed by atoms with Crippen molar-refractivity contribution in [2.24, 2.45) is 0 Å². The average Bonchev–Trinajstić information content (AvgIpc) is 3.15. The summed E-state index contributed by atoms with van der Waals surface area (Å²) in [5.41, 5.74) is 1.06. The van der Waals surface area contributed by atoms with Crippen LogP contribution in [0.15, 0.2) is 24.3 Å². The van der Waals surface area contributed by atoms with Gasteiger partial charge in [-0.25, -0.2) is 0 Å². The van der Waals surface area contributed by atoms with Gasteiger partial charge in [-0.15, -0.1) is 0 Å². The molecule has 0 bridgehead atoms. The predicted octanol–water partition coefficient (Wildman–Crippen LogP) is 0.937. The lowest BCUT2D eigenvalue weighted by molar-refractivity contribution is -0.133. The number of hydrogen-bond donors (Lipinski definition) is 2. The smallest absolute Gasteiger partial charge is 0.237 e. The molecule has 0 aromatic heterocycles. The van der Waals surface area contributed by atoms with Crippen molar-refractivity contribution in [1.29, 1.82) is 0 Å². The van der Waals surface area contributed by atoms with E-state index in [9.17, 15) is 4.79 Å². The highest BCUT2D eigenvalue weighted by molar-refractivity contribution is 5.79. The Balaban J connectivity index is 1.61. The number of benzene rings is 1. The Morgan fingerprint density at radius 1 is 1.46 bits per heavy atom. The second kappa shape index (κ2) is 8.46. The van der Waals surface area contributed by atoms with Crippen LogP contribution in [0.25, 0.3) is 0 Å². The van der Waals surface area contributed by atoms with E-state index >= 15 is 0 Å². The van der Waals surface area contributed by atoms with Crippen LogP contribution in [-0.4, -0.2) is 63.4 Å². The predicted molar refractivity (Wildman–Crippen MR) is 92.2 cm³/mol. The Morgan fingerprint density at radius 2 is 2.33 bits per heavy atom. The van der Waals surface area contributed by atoms with Crippen LogP contribution < -0.4 is 15.4 Å². The third-order valence-electron chi connectivity index (χ3n) is 4.73. The van der Waals surface area contributed by atoms with Crippen molar-refractivity contribution >= 4 is 5.91 Å². The number of amides is 1. The van der Waals surface area contributed by atoms with Crippen molar-refractivity contribution in [3.05, 3.63) is 29.8 Å². The quantitative estimate of drug-likeness (QED) is 0.811. The van der Waals surface area contributed by atoms with Gasteiger partial charge in [0, 0.05) is 38.3 Å². The molecule has 0 saturated carbocycles. The molecule has 0 radical (unpaired) electrons. The molecule has 2 fully saturated rings. The van der Waals surface area contributed by atoms with Gasteiger partial charge in [0.25, 0.3) is 0 Å². The maximum atomic E-state index is 12.7. The van der Waals surface area contributed by atoms with Gasteiger partial charge in [0.2, 0.25) is 5.91 Å². The molecule has 0 aliphatic carbocycles. The van der Waals surface area contributed by atoms with Gasteiger partial charge in [-0.2, -0.15) is 0 Å². The number of ether oxygens (including phenoxy) is 2. The van der Waals surface area contributed by atoms with Crippen LogP contribution >= 0.6 is 0 Å².